The molecule has 1 aromatic carbocycles. The van der Waals surface area contributed by atoms with Crippen LogP contribution in [0.3, 0.4) is 0 Å². The van der Waals surface area contributed by atoms with Crippen LogP contribution in [0.4, 0.5) is 11.8 Å². The maximum absolute atomic E-state index is 10.5. The molecule has 3 heterocycles. The van der Waals surface area contributed by atoms with Crippen molar-refractivity contribution in [2.75, 3.05) is 17.7 Å². The third-order valence-electron chi connectivity index (χ3n) is 5.04. The van der Waals surface area contributed by atoms with E-state index in [0.717, 1.165) is 12.0 Å². The summed E-state index contributed by atoms with van der Waals surface area (Å²) in [7, 11) is 0. The molecule has 5 atom stereocenters. The highest BCUT2D eigenvalue weighted by Crippen LogP contribution is 2.35. The number of nitrogens with two attached hydrogens (primary N) is 1. The van der Waals surface area contributed by atoms with Gasteiger partial charge in [-0.25, -0.2) is 15.0 Å². The molecule has 0 aliphatic carbocycles. The molecule has 0 bridgehead atoms. The van der Waals surface area contributed by atoms with Gasteiger partial charge in [0.1, 0.15) is 24.6 Å². The van der Waals surface area contributed by atoms with Crippen molar-refractivity contribution in [3.05, 3.63) is 42.2 Å². The van der Waals surface area contributed by atoms with Gasteiger partial charge in [-0.2, -0.15) is 0 Å². The lowest BCUT2D eigenvalue weighted by atomic mass is 10.1. The van der Waals surface area contributed by atoms with Crippen molar-refractivity contribution in [2.24, 2.45) is 0 Å². The summed E-state index contributed by atoms with van der Waals surface area (Å²) in [6.45, 7) is 1.58. The highest BCUT2D eigenvalue weighted by atomic mass is 16.6. The summed E-state index contributed by atoms with van der Waals surface area (Å²) < 4.78 is 7.25. The van der Waals surface area contributed by atoms with E-state index in [9.17, 15) is 15.3 Å². The minimum Gasteiger partial charge on any atom is -0.394 e. The Bertz CT molecular complexity index is 981. The number of imidazole rings is 1. The van der Waals surface area contributed by atoms with Gasteiger partial charge < -0.3 is 31.1 Å². The molecule has 1 aliphatic rings. The quantitative estimate of drug-likeness (QED) is 0.387. The van der Waals surface area contributed by atoms with Gasteiger partial charge >= 0.3 is 0 Å². The zero-order chi connectivity index (χ0) is 20.5. The molecule has 1 fully saturated rings. The minimum absolute atomic E-state index is 0.0146. The van der Waals surface area contributed by atoms with Crippen molar-refractivity contribution in [3.63, 3.8) is 0 Å². The van der Waals surface area contributed by atoms with Crippen LogP contribution < -0.4 is 11.1 Å². The maximum atomic E-state index is 10.5. The van der Waals surface area contributed by atoms with Gasteiger partial charge in [0.05, 0.1) is 6.61 Å². The predicted molar refractivity (Wildman–Crippen MR) is 106 cm³/mol. The van der Waals surface area contributed by atoms with Gasteiger partial charge in [-0.3, -0.25) is 4.57 Å². The van der Waals surface area contributed by atoms with Gasteiger partial charge in [0.2, 0.25) is 5.95 Å². The molecule has 0 radical (unpaired) electrons. The molecule has 3 aromatic rings. The van der Waals surface area contributed by atoms with Crippen molar-refractivity contribution in [1.29, 1.82) is 0 Å². The van der Waals surface area contributed by atoms with Crippen LogP contribution in [0.1, 0.15) is 18.7 Å². The molecule has 1 aliphatic heterocycles. The van der Waals surface area contributed by atoms with Gasteiger partial charge in [0.15, 0.2) is 23.2 Å². The second-order valence-electron chi connectivity index (χ2n) is 7.20. The molecule has 0 saturated carbocycles. The number of aromatic nitrogens is 4. The molecule has 4 rings (SSSR count). The number of anilines is 2. The third kappa shape index (κ3) is 3.62. The second kappa shape index (κ2) is 7.91. The van der Waals surface area contributed by atoms with Gasteiger partial charge in [-0.05, 0) is 18.9 Å². The van der Waals surface area contributed by atoms with Crippen molar-refractivity contribution in [2.45, 2.75) is 43.9 Å². The Morgan fingerprint density at radius 3 is 2.66 bits per heavy atom. The van der Waals surface area contributed by atoms with E-state index in [1.807, 2.05) is 37.3 Å². The monoisotopic (exact) mass is 400 g/mol. The average Bonchev–Trinajstić information content (AvgIpc) is 3.20. The molecule has 1 saturated heterocycles. The Kier molecular flexibility index (Phi) is 5.33. The van der Waals surface area contributed by atoms with Gasteiger partial charge in [-0.1, -0.05) is 30.3 Å². The SMILES string of the molecule is CC(Cc1ccccc1)Nc1nc2c(N)ncnc2n1[C@@H]1O[C@H](CO)[C@@H](O)[C@H]1O. The Labute approximate surface area is 167 Å². The fraction of sp³-hybridized carbons (Fsp3) is 0.421. The second-order valence-corrected chi connectivity index (χ2v) is 7.20. The summed E-state index contributed by atoms with van der Waals surface area (Å²) in [5.74, 6) is 0.574. The van der Waals surface area contributed by atoms with Crippen LogP contribution in [0, 0.1) is 0 Å². The number of nitrogens with zero attached hydrogens (tertiary/aromatic N) is 4. The summed E-state index contributed by atoms with van der Waals surface area (Å²) >= 11 is 0. The van der Waals surface area contributed by atoms with Crippen LogP contribution in [-0.2, 0) is 11.2 Å². The highest BCUT2D eigenvalue weighted by Gasteiger charge is 2.45. The number of ether oxygens (including phenoxy) is 1. The van der Waals surface area contributed by atoms with Gasteiger partial charge in [0, 0.05) is 6.04 Å². The summed E-state index contributed by atoms with van der Waals surface area (Å²) in [5, 5.41) is 33.4. The van der Waals surface area contributed by atoms with Crippen LogP contribution in [-0.4, -0.2) is 65.8 Å². The van der Waals surface area contributed by atoms with Crippen molar-refractivity contribution in [1.82, 2.24) is 19.5 Å². The third-order valence-corrected chi connectivity index (χ3v) is 5.04. The topological polar surface area (TPSA) is 152 Å². The van der Waals surface area contributed by atoms with Gasteiger partial charge in [0.25, 0.3) is 0 Å². The van der Waals surface area contributed by atoms with E-state index in [1.54, 1.807) is 4.57 Å². The standard InChI is InChI=1S/C19H24N6O4/c1-10(7-11-5-3-2-4-6-11)23-19-24-13-16(20)21-9-22-17(13)25(19)18-15(28)14(27)12(8-26)29-18/h2-6,9-10,12,14-15,18,26-28H,7-8H2,1H3,(H,23,24)(H2,20,21,22)/t10?,12-,14-,15-,18-/m1/s1. The van der Waals surface area contributed by atoms with E-state index < -0.39 is 31.1 Å². The number of aliphatic hydroxyl groups excluding tert-OH is 3. The molecule has 6 N–H and O–H groups in total. The first kappa shape index (κ1) is 19.5. The maximum Gasteiger partial charge on any atom is 0.207 e. The first-order valence-electron chi connectivity index (χ1n) is 9.41. The van der Waals surface area contributed by atoms with Crippen molar-refractivity contribution < 1.29 is 20.1 Å². The number of nitrogen functional groups attached to an aromatic ring is 1. The first-order valence-corrected chi connectivity index (χ1v) is 9.41. The van der Waals surface area contributed by atoms with E-state index >= 15 is 0 Å². The number of hydrogen-bond acceptors (Lipinski definition) is 9. The molecule has 10 heteroatoms. The summed E-state index contributed by atoms with van der Waals surface area (Å²) in [6.07, 6.45) is -2.38. The van der Waals surface area contributed by atoms with E-state index in [-0.39, 0.29) is 11.9 Å². The molecule has 29 heavy (non-hydrogen) atoms. The normalized spacial score (nSPS) is 25.4. The first-order chi connectivity index (χ1) is 14.0. The summed E-state index contributed by atoms with van der Waals surface area (Å²) in [4.78, 5) is 12.7. The lowest BCUT2D eigenvalue weighted by Crippen LogP contribution is -2.33. The lowest BCUT2D eigenvalue weighted by molar-refractivity contribution is -0.0501. The highest BCUT2D eigenvalue weighted by molar-refractivity contribution is 5.84. The number of nitrogens with one attached hydrogen (secondary N) is 1. The van der Waals surface area contributed by atoms with E-state index in [2.05, 4.69) is 20.3 Å². The smallest absolute Gasteiger partial charge is 0.207 e. The Balaban J connectivity index is 1.70. The Hall–Kier alpha value is -2.79. The minimum atomic E-state index is -1.27. The van der Waals surface area contributed by atoms with Crippen LogP contribution in [0.15, 0.2) is 36.7 Å². The largest absolute Gasteiger partial charge is 0.394 e. The van der Waals surface area contributed by atoms with Crippen molar-refractivity contribution >= 4 is 22.9 Å². The zero-order valence-electron chi connectivity index (χ0n) is 15.9. The zero-order valence-corrected chi connectivity index (χ0v) is 15.9. The molecule has 0 amide bonds. The van der Waals surface area contributed by atoms with E-state index in [0.29, 0.717) is 17.1 Å². The predicted octanol–water partition coefficient (Wildman–Crippen LogP) is 0.0631. The van der Waals surface area contributed by atoms with Crippen molar-refractivity contribution in [3.8, 4) is 0 Å². The number of rotatable bonds is 6. The molecule has 154 valence electrons. The molecule has 10 nitrogen and oxygen atoms in total. The Morgan fingerprint density at radius 1 is 1.21 bits per heavy atom. The Morgan fingerprint density at radius 2 is 1.97 bits per heavy atom. The fourth-order valence-corrected chi connectivity index (χ4v) is 3.60. The van der Waals surface area contributed by atoms with Crippen LogP contribution in [0.2, 0.25) is 0 Å². The number of fused-ring (bicyclic) bond motifs is 1. The van der Waals surface area contributed by atoms with E-state index in [4.69, 9.17) is 10.5 Å². The van der Waals surface area contributed by atoms with Crippen LogP contribution in [0.25, 0.3) is 11.2 Å². The lowest BCUT2D eigenvalue weighted by Gasteiger charge is -2.21. The average molecular weight is 400 g/mol. The summed E-state index contributed by atoms with van der Waals surface area (Å²) in [6, 6.07) is 9.98. The van der Waals surface area contributed by atoms with E-state index in [1.165, 1.54) is 6.33 Å². The van der Waals surface area contributed by atoms with Crippen LogP contribution in [0.5, 0.6) is 0 Å². The fourth-order valence-electron chi connectivity index (χ4n) is 3.60. The summed E-state index contributed by atoms with van der Waals surface area (Å²) in [5.41, 5.74) is 7.84. The molecule has 1 unspecified atom stereocenters. The van der Waals surface area contributed by atoms with Crippen LogP contribution >= 0.6 is 0 Å². The molecule has 0 spiro atoms. The number of hydrogen-bond donors (Lipinski definition) is 5. The molecule has 2 aromatic heterocycles. The number of benzene rings is 1. The molecular formula is C19H24N6O4. The number of aliphatic hydroxyl groups is 3. The van der Waals surface area contributed by atoms with Gasteiger partial charge in [-0.15, -0.1) is 0 Å². The molecular weight excluding hydrogens is 376 g/mol.